The quantitative estimate of drug-likeness (QED) is 0.833. The number of hydrogen-bond donors (Lipinski definition) is 2. The molecule has 0 radical (unpaired) electrons. The lowest BCUT2D eigenvalue weighted by atomic mass is 10.2. The van der Waals surface area contributed by atoms with Crippen molar-refractivity contribution in [1.82, 2.24) is 5.32 Å². The van der Waals surface area contributed by atoms with Gasteiger partial charge in [0.25, 0.3) is 5.91 Å². The van der Waals surface area contributed by atoms with Crippen LogP contribution < -0.4 is 5.32 Å². The summed E-state index contributed by atoms with van der Waals surface area (Å²) in [6.07, 6.45) is 1.73. The molecule has 4 nitrogen and oxygen atoms in total. The minimum Gasteiger partial charge on any atom is -0.508 e. The molecule has 1 amide bonds. The third kappa shape index (κ3) is 3.38. The molecule has 1 aliphatic rings. The summed E-state index contributed by atoms with van der Waals surface area (Å²) in [7, 11) is 0. The molecule has 1 saturated heterocycles. The number of rotatable bonds is 2. The largest absolute Gasteiger partial charge is 0.508 e. The van der Waals surface area contributed by atoms with Crippen LogP contribution in [-0.2, 0) is 4.79 Å². The van der Waals surface area contributed by atoms with Gasteiger partial charge in [0.2, 0.25) is 0 Å². The second kappa shape index (κ2) is 6.07. The van der Waals surface area contributed by atoms with E-state index in [0.29, 0.717) is 10.1 Å². The summed E-state index contributed by atoms with van der Waals surface area (Å²) in [5.41, 5.74) is 2.70. The second-order valence-electron chi connectivity index (χ2n) is 4.92. The summed E-state index contributed by atoms with van der Waals surface area (Å²) in [5.74, 6) is -0.00819. The average Bonchev–Trinajstić information content (AvgIpc) is 2.79. The number of aliphatic imine (C=N–C) groups is 1. The minimum absolute atomic E-state index is 0.173. The van der Waals surface area contributed by atoms with E-state index in [4.69, 9.17) is 0 Å². The van der Waals surface area contributed by atoms with Gasteiger partial charge in [0, 0.05) is 0 Å². The number of carbonyl (C=O) groups excluding carboxylic acids is 1. The van der Waals surface area contributed by atoms with Gasteiger partial charge in [0.1, 0.15) is 5.75 Å². The Morgan fingerprint density at radius 3 is 2.77 bits per heavy atom. The van der Waals surface area contributed by atoms with Crippen molar-refractivity contribution >= 4 is 34.6 Å². The van der Waals surface area contributed by atoms with E-state index in [-0.39, 0.29) is 11.7 Å². The lowest BCUT2D eigenvalue weighted by Crippen LogP contribution is -2.19. The highest BCUT2D eigenvalue weighted by Crippen LogP contribution is 2.28. The van der Waals surface area contributed by atoms with Crippen LogP contribution in [0.25, 0.3) is 6.08 Å². The molecule has 2 aromatic rings. The van der Waals surface area contributed by atoms with E-state index in [1.165, 1.54) is 11.8 Å². The van der Waals surface area contributed by atoms with Gasteiger partial charge in [-0.1, -0.05) is 24.3 Å². The van der Waals surface area contributed by atoms with Gasteiger partial charge in [-0.25, -0.2) is 4.99 Å². The van der Waals surface area contributed by atoms with Crippen LogP contribution in [0, 0.1) is 6.92 Å². The third-order valence-electron chi connectivity index (χ3n) is 3.05. The smallest absolute Gasteiger partial charge is 0.264 e. The van der Waals surface area contributed by atoms with Gasteiger partial charge in [-0.3, -0.25) is 4.79 Å². The third-order valence-corrected chi connectivity index (χ3v) is 3.96. The summed E-state index contributed by atoms with van der Waals surface area (Å²) in [4.78, 5) is 17.0. The molecule has 1 fully saturated rings. The van der Waals surface area contributed by atoms with Gasteiger partial charge in [-0.15, -0.1) is 0 Å². The minimum atomic E-state index is -0.181. The second-order valence-corrected chi connectivity index (χ2v) is 5.95. The molecule has 22 heavy (non-hydrogen) atoms. The number of amidine groups is 1. The Bertz CT molecular complexity index is 797. The summed E-state index contributed by atoms with van der Waals surface area (Å²) in [6.45, 7) is 2.00. The number of amides is 1. The zero-order valence-electron chi connectivity index (χ0n) is 11.9. The Morgan fingerprint density at radius 2 is 2.00 bits per heavy atom. The van der Waals surface area contributed by atoms with E-state index in [1.807, 2.05) is 37.3 Å². The van der Waals surface area contributed by atoms with Crippen molar-refractivity contribution < 1.29 is 9.90 Å². The van der Waals surface area contributed by atoms with Gasteiger partial charge < -0.3 is 10.4 Å². The van der Waals surface area contributed by atoms with Crippen LogP contribution in [0.3, 0.4) is 0 Å². The summed E-state index contributed by atoms with van der Waals surface area (Å²) in [5, 5.41) is 12.8. The van der Waals surface area contributed by atoms with Crippen molar-refractivity contribution in [2.75, 3.05) is 0 Å². The SMILES string of the molecule is Cc1cccc(N=C2NC(=O)/C(=C/c3cccc(O)c3)S2)c1. The Kier molecular flexibility index (Phi) is 3.98. The van der Waals surface area contributed by atoms with Crippen LogP contribution in [-0.4, -0.2) is 16.2 Å². The number of aromatic hydroxyl groups is 1. The number of benzene rings is 2. The molecule has 0 bridgehead atoms. The molecule has 3 rings (SSSR count). The predicted octanol–water partition coefficient (Wildman–Crippen LogP) is 3.59. The van der Waals surface area contributed by atoms with Crippen molar-refractivity contribution in [3.05, 3.63) is 64.6 Å². The number of hydrogen-bond acceptors (Lipinski definition) is 4. The summed E-state index contributed by atoms with van der Waals surface area (Å²) in [6, 6.07) is 14.5. The molecule has 5 heteroatoms. The van der Waals surface area contributed by atoms with E-state index in [0.717, 1.165) is 16.8 Å². The lowest BCUT2D eigenvalue weighted by Gasteiger charge is -1.97. The topological polar surface area (TPSA) is 61.7 Å². The number of phenols is 1. The van der Waals surface area contributed by atoms with Crippen LogP contribution in [0.15, 0.2) is 58.4 Å². The van der Waals surface area contributed by atoms with Crippen LogP contribution >= 0.6 is 11.8 Å². The van der Waals surface area contributed by atoms with Crippen LogP contribution in [0.2, 0.25) is 0 Å². The standard InChI is InChI=1S/C17H14N2O2S/c1-11-4-2-6-13(8-11)18-17-19-16(21)15(22-17)10-12-5-3-7-14(20)9-12/h2-10,20H,1H3,(H,18,19,21)/b15-10-. The monoisotopic (exact) mass is 310 g/mol. The summed E-state index contributed by atoms with van der Waals surface area (Å²) < 4.78 is 0. The van der Waals surface area contributed by atoms with Crippen molar-refractivity contribution in [1.29, 1.82) is 0 Å². The predicted molar refractivity (Wildman–Crippen MR) is 90.1 cm³/mol. The lowest BCUT2D eigenvalue weighted by molar-refractivity contribution is -0.115. The molecule has 110 valence electrons. The maximum atomic E-state index is 12.0. The Morgan fingerprint density at radius 1 is 1.18 bits per heavy atom. The highest BCUT2D eigenvalue weighted by atomic mass is 32.2. The molecular weight excluding hydrogens is 296 g/mol. The van der Waals surface area contributed by atoms with E-state index >= 15 is 0 Å². The van der Waals surface area contributed by atoms with E-state index in [2.05, 4.69) is 10.3 Å². The first-order valence-electron chi connectivity index (χ1n) is 6.75. The first-order valence-corrected chi connectivity index (χ1v) is 7.57. The van der Waals surface area contributed by atoms with Crippen LogP contribution in [0.1, 0.15) is 11.1 Å². The molecule has 1 heterocycles. The van der Waals surface area contributed by atoms with Gasteiger partial charge in [0.15, 0.2) is 5.17 Å². The molecule has 0 spiro atoms. The summed E-state index contributed by atoms with van der Waals surface area (Å²) >= 11 is 1.29. The fourth-order valence-electron chi connectivity index (χ4n) is 2.06. The molecule has 0 aliphatic carbocycles. The average molecular weight is 310 g/mol. The molecule has 0 aromatic heterocycles. The molecule has 0 unspecified atom stereocenters. The molecule has 0 saturated carbocycles. The van der Waals surface area contributed by atoms with E-state index in [1.54, 1.807) is 24.3 Å². The zero-order chi connectivity index (χ0) is 15.5. The van der Waals surface area contributed by atoms with Gasteiger partial charge in [-0.05, 0) is 60.2 Å². The van der Waals surface area contributed by atoms with E-state index in [9.17, 15) is 9.90 Å². The van der Waals surface area contributed by atoms with E-state index < -0.39 is 0 Å². The van der Waals surface area contributed by atoms with Crippen LogP contribution in [0.4, 0.5) is 5.69 Å². The Hall–Kier alpha value is -2.53. The normalized spacial score (nSPS) is 18.0. The zero-order valence-corrected chi connectivity index (χ0v) is 12.7. The number of thioether (sulfide) groups is 1. The fourth-order valence-corrected chi connectivity index (χ4v) is 2.90. The molecule has 0 atom stereocenters. The highest BCUT2D eigenvalue weighted by molar-refractivity contribution is 8.18. The van der Waals surface area contributed by atoms with Crippen molar-refractivity contribution in [3.63, 3.8) is 0 Å². The number of phenolic OH excluding ortho intramolecular Hbond substituents is 1. The van der Waals surface area contributed by atoms with Crippen molar-refractivity contribution in [2.45, 2.75) is 6.92 Å². The molecular formula is C17H14N2O2S. The number of carbonyl (C=O) groups is 1. The number of nitrogens with one attached hydrogen (secondary N) is 1. The molecule has 1 aliphatic heterocycles. The van der Waals surface area contributed by atoms with Gasteiger partial charge in [-0.2, -0.15) is 0 Å². The molecule has 2 N–H and O–H groups in total. The fraction of sp³-hybridized carbons (Fsp3) is 0.0588. The number of nitrogens with zero attached hydrogens (tertiary/aromatic N) is 1. The highest BCUT2D eigenvalue weighted by Gasteiger charge is 2.23. The van der Waals surface area contributed by atoms with Gasteiger partial charge >= 0.3 is 0 Å². The Labute approximate surface area is 132 Å². The van der Waals surface area contributed by atoms with Crippen molar-refractivity contribution in [2.24, 2.45) is 4.99 Å². The van der Waals surface area contributed by atoms with Crippen LogP contribution in [0.5, 0.6) is 5.75 Å². The first kappa shape index (κ1) is 14.4. The number of aryl methyl sites for hydroxylation is 1. The van der Waals surface area contributed by atoms with Crippen molar-refractivity contribution in [3.8, 4) is 5.75 Å². The first-order chi connectivity index (χ1) is 10.6. The Balaban J connectivity index is 1.84. The molecule has 2 aromatic carbocycles. The maximum absolute atomic E-state index is 12.0. The van der Waals surface area contributed by atoms with Gasteiger partial charge in [0.05, 0.1) is 10.6 Å². The maximum Gasteiger partial charge on any atom is 0.264 e.